The maximum Gasteiger partial charge on any atom is 0.334 e. The van der Waals surface area contributed by atoms with Crippen molar-refractivity contribution in [2.45, 2.75) is 25.4 Å². The highest BCUT2D eigenvalue weighted by Crippen LogP contribution is 2.31. The molecule has 1 aliphatic carbocycles. The third-order valence-electron chi connectivity index (χ3n) is 3.47. The molecule has 7 nitrogen and oxygen atoms in total. The molecule has 1 aliphatic rings. The predicted molar refractivity (Wildman–Crippen MR) is 80.0 cm³/mol. The second-order valence-corrected chi connectivity index (χ2v) is 5.88. The van der Waals surface area contributed by atoms with E-state index in [4.69, 9.17) is 0 Å². The number of nitro groups is 1. The Kier molecular flexibility index (Phi) is 3.46. The Morgan fingerprint density at radius 1 is 1.57 bits per heavy atom. The third-order valence-corrected chi connectivity index (χ3v) is 4.45. The summed E-state index contributed by atoms with van der Waals surface area (Å²) in [5.41, 5.74) is -0.277. The molecule has 110 valence electrons. The van der Waals surface area contributed by atoms with Crippen molar-refractivity contribution in [2.24, 2.45) is 0 Å². The van der Waals surface area contributed by atoms with Crippen molar-refractivity contribution in [1.29, 1.82) is 0 Å². The number of nitrogens with zero attached hydrogens (tertiary/aromatic N) is 4. The minimum atomic E-state index is -0.661. The third kappa shape index (κ3) is 2.80. The number of aromatic nitrogens is 2. The molecule has 2 aromatic heterocycles. The molecule has 1 fully saturated rings. The maximum atomic E-state index is 12.0. The Morgan fingerprint density at radius 3 is 3.00 bits per heavy atom. The van der Waals surface area contributed by atoms with E-state index in [1.807, 2.05) is 12.4 Å². The Morgan fingerprint density at radius 2 is 2.33 bits per heavy atom. The fourth-order valence-electron chi connectivity index (χ4n) is 2.11. The van der Waals surface area contributed by atoms with Gasteiger partial charge in [0.15, 0.2) is 5.13 Å². The average molecular weight is 306 g/mol. The van der Waals surface area contributed by atoms with Gasteiger partial charge < -0.3 is 9.47 Å². The molecule has 1 saturated carbocycles. The van der Waals surface area contributed by atoms with Crippen LogP contribution in [-0.2, 0) is 6.54 Å². The molecule has 0 bridgehead atoms. The normalized spacial score (nSPS) is 14.1. The molecule has 0 unspecified atom stereocenters. The zero-order chi connectivity index (χ0) is 15.0. The van der Waals surface area contributed by atoms with Gasteiger partial charge in [-0.05, 0) is 18.9 Å². The molecule has 2 aromatic rings. The van der Waals surface area contributed by atoms with Crippen molar-refractivity contribution < 1.29 is 4.92 Å². The summed E-state index contributed by atoms with van der Waals surface area (Å²) in [7, 11) is 2.01. The lowest BCUT2D eigenvalue weighted by molar-refractivity contribution is -0.386. The summed E-state index contributed by atoms with van der Waals surface area (Å²) in [6.07, 6.45) is 3.92. The van der Waals surface area contributed by atoms with Crippen LogP contribution in [0.3, 0.4) is 0 Å². The van der Waals surface area contributed by atoms with Crippen LogP contribution in [0.4, 0.5) is 10.8 Å². The molecule has 8 heteroatoms. The van der Waals surface area contributed by atoms with Crippen molar-refractivity contribution >= 4 is 22.2 Å². The summed E-state index contributed by atoms with van der Waals surface area (Å²) < 4.78 is 1.31. The topological polar surface area (TPSA) is 81.3 Å². The Labute approximate surface area is 124 Å². The molecule has 0 atom stereocenters. The molecule has 0 aliphatic heterocycles. The first kappa shape index (κ1) is 13.7. The van der Waals surface area contributed by atoms with Gasteiger partial charge in [0.1, 0.15) is 0 Å². The van der Waals surface area contributed by atoms with Gasteiger partial charge in [-0.25, -0.2) is 4.98 Å². The summed E-state index contributed by atoms with van der Waals surface area (Å²) in [6, 6.07) is 3.29. The molecule has 0 aromatic carbocycles. The molecule has 0 spiro atoms. The van der Waals surface area contributed by atoms with Crippen LogP contribution in [0.15, 0.2) is 28.5 Å². The molecule has 2 heterocycles. The van der Waals surface area contributed by atoms with Crippen molar-refractivity contribution in [3.8, 4) is 0 Å². The largest absolute Gasteiger partial charge is 0.348 e. The van der Waals surface area contributed by atoms with E-state index >= 15 is 0 Å². The summed E-state index contributed by atoms with van der Waals surface area (Å²) in [5.74, 6) is 0. The van der Waals surface area contributed by atoms with Gasteiger partial charge in [0.2, 0.25) is 0 Å². The minimum absolute atomic E-state index is 0.246. The molecule has 3 rings (SSSR count). The van der Waals surface area contributed by atoms with Gasteiger partial charge in [-0.1, -0.05) is 0 Å². The van der Waals surface area contributed by atoms with Gasteiger partial charge in [-0.15, -0.1) is 11.3 Å². The smallest absolute Gasteiger partial charge is 0.334 e. The van der Waals surface area contributed by atoms with E-state index in [-0.39, 0.29) is 6.54 Å². The van der Waals surface area contributed by atoms with E-state index in [1.165, 1.54) is 40.9 Å². The number of hydrogen-bond donors (Lipinski definition) is 0. The predicted octanol–water partition coefficient (Wildman–Crippen LogP) is 1.86. The summed E-state index contributed by atoms with van der Waals surface area (Å²) >= 11 is 1.53. The van der Waals surface area contributed by atoms with E-state index in [0.717, 1.165) is 10.8 Å². The molecular formula is C13H14N4O3S. The number of anilines is 1. The van der Waals surface area contributed by atoms with Crippen LogP contribution in [0, 0.1) is 10.1 Å². The summed E-state index contributed by atoms with van der Waals surface area (Å²) in [6.45, 7) is 0.246. The van der Waals surface area contributed by atoms with Gasteiger partial charge in [0.25, 0.3) is 0 Å². The van der Waals surface area contributed by atoms with Crippen LogP contribution >= 0.6 is 11.3 Å². The number of rotatable bonds is 5. The SMILES string of the molecule is CN(c1nc(Cn2cccc([N+](=O)[O-])c2=O)cs1)C1CC1. The van der Waals surface area contributed by atoms with Crippen molar-refractivity contribution in [3.63, 3.8) is 0 Å². The quantitative estimate of drug-likeness (QED) is 0.622. The summed E-state index contributed by atoms with van der Waals surface area (Å²) in [4.78, 5) is 28.7. The fourth-order valence-corrected chi connectivity index (χ4v) is 2.97. The minimum Gasteiger partial charge on any atom is -0.348 e. The highest BCUT2D eigenvalue weighted by molar-refractivity contribution is 7.13. The van der Waals surface area contributed by atoms with Gasteiger partial charge in [-0.3, -0.25) is 14.9 Å². The number of pyridine rings is 1. The van der Waals surface area contributed by atoms with E-state index in [2.05, 4.69) is 9.88 Å². The van der Waals surface area contributed by atoms with Gasteiger partial charge >= 0.3 is 11.2 Å². The van der Waals surface area contributed by atoms with Gasteiger partial charge in [0, 0.05) is 30.7 Å². The van der Waals surface area contributed by atoms with Crippen molar-refractivity contribution in [3.05, 3.63) is 49.9 Å². The van der Waals surface area contributed by atoms with Crippen LogP contribution in [0.2, 0.25) is 0 Å². The van der Waals surface area contributed by atoms with Crippen LogP contribution in [-0.4, -0.2) is 27.6 Å². The lowest BCUT2D eigenvalue weighted by atomic mass is 10.4. The average Bonchev–Trinajstić information content (AvgIpc) is 3.20. The van der Waals surface area contributed by atoms with E-state index in [9.17, 15) is 14.9 Å². The highest BCUT2D eigenvalue weighted by Gasteiger charge is 2.28. The van der Waals surface area contributed by atoms with Crippen LogP contribution in [0.25, 0.3) is 0 Å². The standard InChI is InChI=1S/C13H14N4O3S/c1-15(10-4-5-10)13-14-9(8-21-13)7-16-6-2-3-11(12(16)18)17(19)20/h2-3,6,8,10H,4-5,7H2,1H3. The molecule has 0 amide bonds. The van der Waals surface area contributed by atoms with Crippen LogP contribution in [0.1, 0.15) is 18.5 Å². The molecular weight excluding hydrogens is 292 g/mol. The van der Waals surface area contributed by atoms with Crippen LogP contribution in [0.5, 0.6) is 0 Å². The van der Waals surface area contributed by atoms with Crippen LogP contribution < -0.4 is 10.5 Å². The lowest BCUT2D eigenvalue weighted by Crippen LogP contribution is -2.22. The fraction of sp³-hybridized carbons (Fsp3) is 0.385. The molecule has 0 saturated heterocycles. The monoisotopic (exact) mass is 306 g/mol. The van der Waals surface area contributed by atoms with Gasteiger partial charge in [0.05, 0.1) is 17.2 Å². The van der Waals surface area contributed by atoms with E-state index in [0.29, 0.717) is 6.04 Å². The van der Waals surface area contributed by atoms with E-state index < -0.39 is 16.2 Å². The summed E-state index contributed by atoms with van der Waals surface area (Å²) in [5, 5.41) is 13.6. The first-order chi connectivity index (χ1) is 10.1. The zero-order valence-electron chi connectivity index (χ0n) is 11.4. The van der Waals surface area contributed by atoms with E-state index in [1.54, 1.807) is 6.20 Å². The Balaban J connectivity index is 1.82. The zero-order valence-corrected chi connectivity index (χ0v) is 12.2. The van der Waals surface area contributed by atoms with Crippen molar-refractivity contribution in [1.82, 2.24) is 9.55 Å². The molecule has 0 N–H and O–H groups in total. The second-order valence-electron chi connectivity index (χ2n) is 5.05. The van der Waals surface area contributed by atoms with Crippen molar-refractivity contribution in [2.75, 3.05) is 11.9 Å². The number of hydrogen-bond acceptors (Lipinski definition) is 6. The first-order valence-electron chi connectivity index (χ1n) is 6.57. The second kappa shape index (κ2) is 5.28. The first-order valence-corrected chi connectivity index (χ1v) is 7.45. The molecule has 21 heavy (non-hydrogen) atoms. The lowest BCUT2D eigenvalue weighted by Gasteiger charge is -2.13. The maximum absolute atomic E-state index is 12.0. The molecule has 0 radical (unpaired) electrons. The number of thiazole rings is 1. The Hall–Kier alpha value is -2.22. The highest BCUT2D eigenvalue weighted by atomic mass is 32.1. The van der Waals surface area contributed by atoms with Gasteiger partial charge in [-0.2, -0.15) is 0 Å². The Bertz CT molecular complexity index is 735.